The molecule has 0 spiro atoms. The molecule has 2 heterocycles. The molecule has 1 fully saturated rings. The summed E-state index contributed by atoms with van der Waals surface area (Å²) >= 11 is 0.902. The quantitative estimate of drug-likeness (QED) is 0.311. The monoisotopic (exact) mass is 433 g/mol. The summed E-state index contributed by atoms with van der Waals surface area (Å²) in [4.78, 5) is 37.7. The summed E-state index contributed by atoms with van der Waals surface area (Å²) in [6, 6.07) is 17.9. The number of aryl methyl sites for hydroxylation is 1. The molecule has 0 N–H and O–H groups in total. The number of aromatic nitrogens is 1. The molecular formula is C23H19N3O4S. The minimum absolute atomic E-state index is 0.0422. The lowest BCUT2D eigenvalue weighted by Crippen LogP contribution is -2.27. The zero-order valence-corrected chi connectivity index (χ0v) is 17.5. The highest BCUT2D eigenvalue weighted by Gasteiger charge is 2.35. The number of carbonyl (C=O) groups is 2. The Hall–Kier alpha value is -3.65. The van der Waals surface area contributed by atoms with Crippen LogP contribution in [0, 0.1) is 17.0 Å². The van der Waals surface area contributed by atoms with Crippen molar-refractivity contribution >= 4 is 34.7 Å². The van der Waals surface area contributed by atoms with Gasteiger partial charge in [-0.15, -0.1) is 0 Å². The lowest BCUT2D eigenvalue weighted by Gasteiger charge is -2.12. The SMILES string of the molecule is Cc1ccc(CN2C(=O)S/C(=C\c3cccn3Cc3ccccc3[N+](=O)[O-])C2=O)cc1. The van der Waals surface area contributed by atoms with Gasteiger partial charge >= 0.3 is 0 Å². The Morgan fingerprint density at radius 3 is 2.48 bits per heavy atom. The van der Waals surface area contributed by atoms with Crippen LogP contribution in [0.2, 0.25) is 0 Å². The molecule has 8 heteroatoms. The first-order chi connectivity index (χ1) is 14.9. The molecular weight excluding hydrogens is 414 g/mol. The molecule has 4 rings (SSSR count). The number of thioether (sulfide) groups is 1. The van der Waals surface area contributed by atoms with Gasteiger partial charge in [-0.2, -0.15) is 0 Å². The first-order valence-electron chi connectivity index (χ1n) is 9.61. The Bertz CT molecular complexity index is 1200. The van der Waals surface area contributed by atoms with Gasteiger partial charge in [-0.1, -0.05) is 48.0 Å². The van der Waals surface area contributed by atoms with E-state index in [0.29, 0.717) is 16.2 Å². The fraction of sp³-hybridized carbons (Fsp3) is 0.130. The molecule has 0 unspecified atom stereocenters. The lowest BCUT2D eigenvalue weighted by atomic mass is 10.1. The molecule has 0 aliphatic carbocycles. The summed E-state index contributed by atoms with van der Waals surface area (Å²) in [5.74, 6) is -0.339. The van der Waals surface area contributed by atoms with Gasteiger partial charge in [-0.3, -0.25) is 24.6 Å². The number of nitrogens with zero attached hydrogens (tertiary/aromatic N) is 3. The van der Waals surface area contributed by atoms with Crippen LogP contribution < -0.4 is 0 Å². The number of hydrogen-bond acceptors (Lipinski definition) is 5. The molecule has 156 valence electrons. The van der Waals surface area contributed by atoms with E-state index in [0.717, 1.165) is 22.9 Å². The van der Waals surface area contributed by atoms with Crippen molar-refractivity contribution in [1.82, 2.24) is 9.47 Å². The third-order valence-corrected chi connectivity index (χ3v) is 5.91. The van der Waals surface area contributed by atoms with E-state index in [2.05, 4.69) is 0 Å². The maximum Gasteiger partial charge on any atom is 0.293 e. The van der Waals surface area contributed by atoms with Crippen LogP contribution in [0.1, 0.15) is 22.4 Å². The Morgan fingerprint density at radius 2 is 1.74 bits per heavy atom. The van der Waals surface area contributed by atoms with E-state index in [1.807, 2.05) is 41.8 Å². The van der Waals surface area contributed by atoms with Gasteiger partial charge in [0.25, 0.3) is 16.8 Å². The summed E-state index contributed by atoms with van der Waals surface area (Å²) in [5.41, 5.74) is 3.29. The molecule has 2 amide bonds. The molecule has 1 aliphatic rings. The molecule has 2 aromatic carbocycles. The number of carbonyl (C=O) groups excluding carboxylic acids is 2. The topological polar surface area (TPSA) is 85.4 Å². The molecule has 3 aromatic rings. The number of nitro benzene ring substituents is 1. The van der Waals surface area contributed by atoms with E-state index < -0.39 is 4.92 Å². The van der Waals surface area contributed by atoms with Crippen molar-refractivity contribution in [2.75, 3.05) is 0 Å². The van der Waals surface area contributed by atoms with Crippen molar-refractivity contribution in [2.45, 2.75) is 20.0 Å². The number of hydrogen-bond donors (Lipinski definition) is 0. The smallest absolute Gasteiger partial charge is 0.293 e. The first-order valence-corrected chi connectivity index (χ1v) is 10.4. The summed E-state index contributed by atoms with van der Waals surface area (Å²) in [5, 5.41) is 11.0. The Balaban J connectivity index is 1.56. The van der Waals surface area contributed by atoms with Gasteiger partial charge in [0, 0.05) is 23.5 Å². The van der Waals surface area contributed by atoms with Crippen LogP contribution in [0.3, 0.4) is 0 Å². The Labute approximate surface area is 183 Å². The van der Waals surface area contributed by atoms with Crippen molar-refractivity contribution in [3.8, 4) is 0 Å². The van der Waals surface area contributed by atoms with Crippen LogP contribution in [0.15, 0.2) is 71.8 Å². The van der Waals surface area contributed by atoms with Crippen LogP contribution in [0.5, 0.6) is 0 Å². The lowest BCUT2D eigenvalue weighted by molar-refractivity contribution is -0.385. The minimum Gasteiger partial charge on any atom is -0.343 e. The standard InChI is InChI=1S/C23H19N3O4S/c1-16-8-10-17(11-9-16)14-25-22(27)21(31-23(25)28)13-19-6-4-12-24(19)15-18-5-2-3-7-20(18)26(29)30/h2-13H,14-15H2,1H3/b21-13-. The van der Waals surface area contributed by atoms with Gasteiger partial charge in [0.1, 0.15) is 0 Å². The van der Waals surface area contributed by atoms with Crippen LogP contribution in [-0.2, 0) is 17.9 Å². The van der Waals surface area contributed by atoms with Crippen molar-refractivity contribution in [1.29, 1.82) is 0 Å². The molecule has 7 nitrogen and oxygen atoms in total. The van der Waals surface area contributed by atoms with E-state index in [4.69, 9.17) is 0 Å². The normalized spacial score (nSPS) is 15.1. The summed E-state index contributed by atoms with van der Waals surface area (Å²) in [6.07, 6.45) is 3.45. The largest absolute Gasteiger partial charge is 0.343 e. The molecule has 1 aromatic heterocycles. The van der Waals surface area contributed by atoms with Gasteiger partial charge in [0.2, 0.25) is 0 Å². The second kappa shape index (κ2) is 8.61. The van der Waals surface area contributed by atoms with Gasteiger partial charge in [-0.25, -0.2) is 0 Å². The summed E-state index contributed by atoms with van der Waals surface area (Å²) in [6.45, 7) is 2.48. The van der Waals surface area contributed by atoms with Crippen LogP contribution >= 0.6 is 11.8 Å². The Morgan fingerprint density at radius 1 is 1.00 bits per heavy atom. The van der Waals surface area contributed by atoms with Gasteiger partial charge in [-0.05, 0) is 42.5 Å². The molecule has 31 heavy (non-hydrogen) atoms. The molecule has 0 saturated carbocycles. The van der Waals surface area contributed by atoms with E-state index in [-0.39, 0.29) is 29.9 Å². The third-order valence-electron chi connectivity index (χ3n) is 5.01. The third kappa shape index (κ3) is 4.44. The van der Waals surface area contributed by atoms with E-state index in [9.17, 15) is 19.7 Å². The van der Waals surface area contributed by atoms with Crippen LogP contribution in [-0.4, -0.2) is 25.5 Å². The predicted molar refractivity (Wildman–Crippen MR) is 119 cm³/mol. The van der Waals surface area contributed by atoms with Gasteiger partial charge < -0.3 is 4.57 Å². The van der Waals surface area contributed by atoms with E-state index in [1.54, 1.807) is 36.5 Å². The van der Waals surface area contributed by atoms with Crippen molar-refractivity contribution in [3.05, 3.63) is 104 Å². The number of benzene rings is 2. The van der Waals surface area contributed by atoms with Crippen LogP contribution in [0.25, 0.3) is 6.08 Å². The maximum atomic E-state index is 12.8. The molecule has 0 atom stereocenters. The van der Waals surface area contributed by atoms with Crippen LogP contribution in [0.4, 0.5) is 10.5 Å². The zero-order valence-electron chi connectivity index (χ0n) is 16.7. The highest BCUT2D eigenvalue weighted by molar-refractivity contribution is 8.18. The highest BCUT2D eigenvalue weighted by Crippen LogP contribution is 2.33. The molecule has 0 radical (unpaired) electrons. The number of rotatable bonds is 6. The second-order valence-electron chi connectivity index (χ2n) is 7.20. The first kappa shape index (κ1) is 20.6. The highest BCUT2D eigenvalue weighted by atomic mass is 32.2. The molecule has 0 bridgehead atoms. The number of nitro groups is 1. The average molecular weight is 433 g/mol. The zero-order chi connectivity index (χ0) is 22.0. The Kier molecular flexibility index (Phi) is 5.73. The molecule has 1 saturated heterocycles. The van der Waals surface area contributed by atoms with Gasteiger partial charge in [0.15, 0.2) is 0 Å². The molecule has 1 aliphatic heterocycles. The maximum absolute atomic E-state index is 12.8. The fourth-order valence-electron chi connectivity index (χ4n) is 3.36. The minimum atomic E-state index is -0.408. The summed E-state index contributed by atoms with van der Waals surface area (Å²) in [7, 11) is 0. The van der Waals surface area contributed by atoms with Crippen molar-refractivity contribution in [3.63, 3.8) is 0 Å². The van der Waals surface area contributed by atoms with Crippen molar-refractivity contribution in [2.24, 2.45) is 0 Å². The van der Waals surface area contributed by atoms with E-state index in [1.165, 1.54) is 11.0 Å². The number of amides is 2. The van der Waals surface area contributed by atoms with Crippen molar-refractivity contribution < 1.29 is 14.5 Å². The van der Waals surface area contributed by atoms with Gasteiger partial charge in [0.05, 0.1) is 22.9 Å². The predicted octanol–water partition coefficient (Wildman–Crippen LogP) is 4.99. The second-order valence-corrected chi connectivity index (χ2v) is 8.19. The fourth-order valence-corrected chi connectivity index (χ4v) is 4.18. The number of imide groups is 1. The van der Waals surface area contributed by atoms with E-state index >= 15 is 0 Å². The average Bonchev–Trinajstić information content (AvgIpc) is 3.29. The number of para-hydroxylation sites is 1. The summed E-state index contributed by atoms with van der Waals surface area (Å²) < 4.78 is 1.82.